The van der Waals surface area contributed by atoms with Crippen LogP contribution in [0.5, 0.6) is 0 Å². The molecule has 0 unspecified atom stereocenters. The van der Waals surface area contributed by atoms with E-state index in [1.807, 2.05) is 13.8 Å². The summed E-state index contributed by atoms with van der Waals surface area (Å²) in [4.78, 5) is 0. The van der Waals surface area contributed by atoms with Crippen LogP contribution in [0.25, 0.3) is 0 Å². The van der Waals surface area contributed by atoms with Gasteiger partial charge in [-0.25, -0.2) is 0 Å². The lowest BCUT2D eigenvalue weighted by molar-refractivity contribution is 0.325. The fraction of sp³-hybridized carbons (Fsp3) is 0.778. The molecule has 1 aromatic rings. The highest BCUT2D eigenvalue weighted by Crippen LogP contribution is 2.25. The molecule has 0 N–H and O–H groups in total. The van der Waals surface area contributed by atoms with Gasteiger partial charge in [-0.15, -0.1) is 20.4 Å². The number of aryl methyl sites for hydroxylation is 1. The van der Waals surface area contributed by atoms with E-state index in [4.69, 9.17) is 0 Å². The predicted molar refractivity (Wildman–Crippen MR) is 91.6 cm³/mol. The normalized spacial score (nSPS) is 18.1. The van der Waals surface area contributed by atoms with Crippen molar-refractivity contribution in [2.75, 3.05) is 0 Å². The smallest absolute Gasteiger partial charge is 0.132 e. The first-order chi connectivity index (χ1) is 10.5. The molecule has 0 saturated carbocycles. The average molecular weight is 304 g/mol. The van der Waals surface area contributed by atoms with Gasteiger partial charge in [0.25, 0.3) is 0 Å². The average Bonchev–Trinajstić information content (AvgIpc) is 2.62. The first kappa shape index (κ1) is 18.7. The highest BCUT2D eigenvalue weighted by Gasteiger charge is 2.12. The summed E-state index contributed by atoms with van der Waals surface area (Å²) >= 11 is 0. The van der Waals surface area contributed by atoms with Gasteiger partial charge in [0.2, 0.25) is 0 Å². The molecule has 4 nitrogen and oxygen atoms in total. The molecule has 0 radical (unpaired) electrons. The van der Waals surface area contributed by atoms with Gasteiger partial charge >= 0.3 is 0 Å². The quantitative estimate of drug-likeness (QED) is 0.732. The summed E-state index contributed by atoms with van der Waals surface area (Å²) in [6.45, 7) is 10.5. The summed E-state index contributed by atoms with van der Waals surface area (Å²) in [6, 6.07) is 0. The van der Waals surface area contributed by atoms with E-state index in [0.29, 0.717) is 17.6 Å². The molecule has 1 aliphatic rings. The molecular formula is C18H32N4. The molecule has 0 spiro atoms. The van der Waals surface area contributed by atoms with E-state index in [2.05, 4.69) is 46.4 Å². The van der Waals surface area contributed by atoms with Crippen molar-refractivity contribution in [3.63, 3.8) is 0 Å². The summed E-state index contributed by atoms with van der Waals surface area (Å²) in [5.74, 6) is 3.50. The van der Waals surface area contributed by atoms with E-state index in [1.165, 1.54) is 38.5 Å². The van der Waals surface area contributed by atoms with Gasteiger partial charge in [-0.2, -0.15) is 0 Å². The fourth-order valence-corrected chi connectivity index (χ4v) is 2.56. The molecule has 0 amide bonds. The van der Waals surface area contributed by atoms with Gasteiger partial charge in [0.15, 0.2) is 11.6 Å². The number of allylic oxidation sites excluding steroid dienone is 2. The maximum absolute atomic E-state index is 3.85. The molecule has 22 heavy (non-hydrogen) atoms. The minimum atomic E-state index is 0.306. The van der Waals surface area contributed by atoms with E-state index in [9.17, 15) is 0 Å². The van der Waals surface area contributed by atoms with Crippen molar-refractivity contribution in [1.82, 2.24) is 20.4 Å². The van der Waals surface area contributed by atoms with E-state index in [-0.39, 0.29) is 0 Å². The molecule has 1 aliphatic carbocycles. The largest absolute Gasteiger partial charge is 0.176 e. The second kappa shape index (κ2) is 10.4. The SMILES string of the molecule is CC(C)C1CCC/C=C/CCC1.Cc1nnc(C(C)C)nn1. The van der Waals surface area contributed by atoms with Crippen molar-refractivity contribution in [2.24, 2.45) is 11.8 Å². The van der Waals surface area contributed by atoms with Gasteiger partial charge < -0.3 is 0 Å². The lowest BCUT2D eigenvalue weighted by Crippen LogP contribution is -2.08. The zero-order valence-electron chi connectivity index (χ0n) is 14.9. The lowest BCUT2D eigenvalue weighted by Gasteiger charge is -2.19. The van der Waals surface area contributed by atoms with Gasteiger partial charge in [-0.05, 0) is 57.3 Å². The highest BCUT2D eigenvalue weighted by atomic mass is 15.3. The third kappa shape index (κ3) is 7.62. The van der Waals surface area contributed by atoms with Crippen LogP contribution in [0.3, 0.4) is 0 Å². The topological polar surface area (TPSA) is 51.6 Å². The molecule has 0 aromatic carbocycles. The van der Waals surface area contributed by atoms with Crippen LogP contribution in [0.15, 0.2) is 12.2 Å². The molecular weight excluding hydrogens is 272 g/mol. The molecule has 0 atom stereocenters. The number of rotatable bonds is 2. The predicted octanol–water partition coefficient (Wildman–Crippen LogP) is 4.87. The highest BCUT2D eigenvalue weighted by molar-refractivity contribution is 4.86. The van der Waals surface area contributed by atoms with Crippen LogP contribution < -0.4 is 0 Å². The first-order valence-corrected chi connectivity index (χ1v) is 8.69. The summed E-state index contributed by atoms with van der Waals surface area (Å²) in [5.41, 5.74) is 0. The van der Waals surface area contributed by atoms with E-state index < -0.39 is 0 Å². The maximum Gasteiger partial charge on any atom is 0.176 e. The molecule has 0 bridgehead atoms. The van der Waals surface area contributed by atoms with Gasteiger partial charge in [0.05, 0.1) is 0 Å². The first-order valence-electron chi connectivity index (χ1n) is 8.69. The van der Waals surface area contributed by atoms with Crippen LogP contribution in [0.4, 0.5) is 0 Å². The summed E-state index contributed by atoms with van der Waals surface area (Å²) in [7, 11) is 0. The van der Waals surface area contributed by atoms with Crippen molar-refractivity contribution < 1.29 is 0 Å². The maximum atomic E-state index is 3.85. The Bertz CT molecular complexity index is 411. The van der Waals surface area contributed by atoms with Crippen LogP contribution in [-0.2, 0) is 0 Å². The Labute approximate surface area is 135 Å². The Morgan fingerprint density at radius 1 is 0.864 bits per heavy atom. The van der Waals surface area contributed by atoms with Crippen LogP contribution in [0.1, 0.15) is 83.8 Å². The van der Waals surface area contributed by atoms with Crippen LogP contribution >= 0.6 is 0 Å². The van der Waals surface area contributed by atoms with Gasteiger partial charge in [-0.1, -0.05) is 39.8 Å². The molecule has 1 heterocycles. The molecule has 124 valence electrons. The summed E-state index contributed by atoms with van der Waals surface area (Å²) in [5, 5.41) is 15.3. The second-order valence-corrected chi connectivity index (χ2v) is 6.80. The van der Waals surface area contributed by atoms with Crippen molar-refractivity contribution in [3.8, 4) is 0 Å². The third-order valence-electron chi connectivity index (χ3n) is 4.11. The summed E-state index contributed by atoms with van der Waals surface area (Å²) in [6.07, 6.45) is 13.0. The van der Waals surface area contributed by atoms with Crippen molar-refractivity contribution >= 4 is 0 Å². The number of nitrogens with zero attached hydrogens (tertiary/aromatic N) is 4. The van der Waals surface area contributed by atoms with Gasteiger partial charge in [0, 0.05) is 5.92 Å². The van der Waals surface area contributed by atoms with Crippen LogP contribution in [0.2, 0.25) is 0 Å². The second-order valence-electron chi connectivity index (χ2n) is 6.80. The number of hydrogen-bond donors (Lipinski definition) is 0. The van der Waals surface area contributed by atoms with E-state index in [0.717, 1.165) is 11.8 Å². The Morgan fingerprint density at radius 2 is 1.36 bits per heavy atom. The van der Waals surface area contributed by atoms with E-state index in [1.54, 1.807) is 6.92 Å². The summed E-state index contributed by atoms with van der Waals surface area (Å²) < 4.78 is 0. The van der Waals surface area contributed by atoms with Gasteiger partial charge in [-0.3, -0.25) is 0 Å². The zero-order chi connectivity index (χ0) is 16.4. The van der Waals surface area contributed by atoms with Gasteiger partial charge in [0.1, 0.15) is 0 Å². The third-order valence-corrected chi connectivity index (χ3v) is 4.11. The molecule has 0 saturated heterocycles. The van der Waals surface area contributed by atoms with Crippen LogP contribution in [-0.4, -0.2) is 20.4 Å². The lowest BCUT2D eigenvalue weighted by atomic mass is 9.87. The standard InChI is InChI=1S/C12H22.C6H10N4/c1-11(2)12-9-7-5-3-4-6-8-10-12;1-4(2)6-9-7-5(3)8-10-6/h3-4,11-12H,5-10H2,1-2H3;4H,1-3H3/b4-3+;. The van der Waals surface area contributed by atoms with Crippen molar-refractivity contribution in [2.45, 2.75) is 79.1 Å². The van der Waals surface area contributed by atoms with E-state index >= 15 is 0 Å². The molecule has 4 heteroatoms. The number of aromatic nitrogens is 4. The van der Waals surface area contributed by atoms with Crippen LogP contribution in [0, 0.1) is 18.8 Å². The Balaban J connectivity index is 0.000000224. The number of hydrogen-bond acceptors (Lipinski definition) is 4. The Morgan fingerprint density at radius 3 is 1.77 bits per heavy atom. The van der Waals surface area contributed by atoms with Crippen molar-refractivity contribution in [3.05, 3.63) is 23.8 Å². The molecule has 2 rings (SSSR count). The van der Waals surface area contributed by atoms with Crippen molar-refractivity contribution in [1.29, 1.82) is 0 Å². The molecule has 1 aromatic heterocycles. The fourth-order valence-electron chi connectivity index (χ4n) is 2.56. The Hall–Kier alpha value is -1.32. The molecule has 0 aliphatic heterocycles. The molecule has 0 fully saturated rings. The zero-order valence-corrected chi connectivity index (χ0v) is 14.9. The minimum Gasteiger partial charge on any atom is -0.132 e. The Kier molecular flexibility index (Phi) is 8.86. The minimum absolute atomic E-state index is 0.306. The monoisotopic (exact) mass is 304 g/mol.